The Morgan fingerprint density at radius 1 is 1.04 bits per heavy atom. The fraction of sp³-hybridized carbons (Fsp3) is 0.0526. The summed E-state index contributed by atoms with van der Waals surface area (Å²) < 4.78 is 5.70. The van der Waals surface area contributed by atoms with Crippen molar-refractivity contribution >= 4 is 23.5 Å². The van der Waals surface area contributed by atoms with E-state index >= 15 is 0 Å². The van der Waals surface area contributed by atoms with E-state index < -0.39 is 0 Å². The molecule has 0 aliphatic carbocycles. The Morgan fingerprint density at radius 2 is 1.83 bits per heavy atom. The van der Waals surface area contributed by atoms with Crippen LogP contribution in [0.25, 0.3) is 0 Å². The Hall–Kier alpha value is -2.92. The van der Waals surface area contributed by atoms with Gasteiger partial charge in [-0.1, -0.05) is 36.4 Å². The van der Waals surface area contributed by atoms with E-state index in [1.54, 1.807) is 41.8 Å². The molecule has 3 rings (SSSR count). The van der Waals surface area contributed by atoms with Gasteiger partial charge >= 0.3 is 0 Å². The maximum absolute atomic E-state index is 12.0. The molecule has 120 valence electrons. The van der Waals surface area contributed by atoms with Crippen molar-refractivity contribution in [3.05, 3.63) is 88.1 Å². The molecule has 0 saturated heterocycles. The molecule has 2 aromatic carbocycles. The summed E-state index contributed by atoms with van der Waals surface area (Å²) in [6.45, 7) is 0.498. The van der Waals surface area contributed by atoms with E-state index in [1.165, 1.54) is 0 Å². The minimum absolute atomic E-state index is 0.252. The van der Waals surface area contributed by atoms with E-state index in [4.69, 9.17) is 4.74 Å². The predicted octanol–water partition coefficient (Wildman–Crippen LogP) is 4.09. The van der Waals surface area contributed by atoms with Gasteiger partial charge in [-0.05, 0) is 41.3 Å². The molecule has 1 N–H and O–H groups in total. The van der Waals surface area contributed by atoms with Crippen molar-refractivity contribution in [2.24, 2.45) is 5.10 Å². The summed E-state index contributed by atoms with van der Waals surface area (Å²) in [7, 11) is 0. The molecule has 0 fully saturated rings. The summed E-state index contributed by atoms with van der Waals surface area (Å²) in [4.78, 5) is 13.0. The third-order valence-electron chi connectivity index (χ3n) is 3.27. The number of hydrogen-bond acceptors (Lipinski definition) is 4. The smallest absolute Gasteiger partial charge is 0.271 e. The van der Waals surface area contributed by atoms with Crippen LogP contribution in [0, 0.1) is 0 Å². The van der Waals surface area contributed by atoms with Crippen LogP contribution in [-0.4, -0.2) is 12.1 Å². The standard InChI is InChI=1S/C19H16N2O2S/c22-19(21-20-13-18-7-4-12-24-18)16-8-10-17(11-9-16)23-14-15-5-2-1-3-6-15/h1-13H,14H2,(H,21,22)/b20-13+. The van der Waals surface area contributed by atoms with Gasteiger partial charge in [-0.3, -0.25) is 4.79 Å². The third kappa shape index (κ3) is 4.54. The molecule has 0 bridgehead atoms. The molecule has 5 heteroatoms. The summed E-state index contributed by atoms with van der Waals surface area (Å²) >= 11 is 1.56. The van der Waals surface area contributed by atoms with Crippen molar-refractivity contribution < 1.29 is 9.53 Å². The molecule has 1 amide bonds. The first-order valence-corrected chi connectivity index (χ1v) is 8.33. The van der Waals surface area contributed by atoms with Crippen molar-refractivity contribution in [3.8, 4) is 5.75 Å². The quantitative estimate of drug-likeness (QED) is 0.544. The largest absolute Gasteiger partial charge is 0.489 e. The molecule has 0 atom stereocenters. The van der Waals surface area contributed by atoms with E-state index in [0.29, 0.717) is 12.2 Å². The SMILES string of the molecule is O=C(N/N=C/c1cccs1)c1ccc(OCc2ccccc2)cc1. The Kier molecular flexibility index (Phi) is 5.37. The maximum atomic E-state index is 12.0. The highest BCUT2D eigenvalue weighted by atomic mass is 32.1. The van der Waals surface area contributed by atoms with Crippen LogP contribution >= 0.6 is 11.3 Å². The van der Waals surface area contributed by atoms with E-state index in [9.17, 15) is 4.79 Å². The Labute approximate surface area is 144 Å². The molecule has 4 nitrogen and oxygen atoms in total. The molecule has 0 radical (unpaired) electrons. The number of hydrazone groups is 1. The summed E-state index contributed by atoms with van der Waals surface area (Å²) in [5.41, 5.74) is 4.14. The lowest BCUT2D eigenvalue weighted by Crippen LogP contribution is -2.17. The molecule has 24 heavy (non-hydrogen) atoms. The van der Waals surface area contributed by atoms with Gasteiger partial charge in [-0.2, -0.15) is 5.10 Å². The van der Waals surface area contributed by atoms with Crippen LogP contribution in [0.5, 0.6) is 5.75 Å². The first-order chi connectivity index (χ1) is 11.8. The van der Waals surface area contributed by atoms with Crippen molar-refractivity contribution in [2.75, 3.05) is 0 Å². The highest BCUT2D eigenvalue weighted by Gasteiger charge is 2.04. The zero-order valence-corrected chi connectivity index (χ0v) is 13.7. The number of amides is 1. The second kappa shape index (κ2) is 8.08. The van der Waals surface area contributed by atoms with Gasteiger partial charge in [0.15, 0.2) is 0 Å². The zero-order valence-electron chi connectivity index (χ0n) is 12.9. The van der Waals surface area contributed by atoms with Crippen LogP contribution in [-0.2, 0) is 6.61 Å². The van der Waals surface area contributed by atoms with E-state index in [1.807, 2.05) is 47.8 Å². The highest BCUT2D eigenvalue weighted by molar-refractivity contribution is 7.11. The third-order valence-corrected chi connectivity index (χ3v) is 4.07. The minimum Gasteiger partial charge on any atom is -0.489 e. The monoisotopic (exact) mass is 336 g/mol. The van der Waals surface area contributed by atoms with Crippen LogP contribution < -0.4 is 10.2 Å². The molecule has 1 aromatic heterocycles. The summed E-state index contributed by atoms with van der Waals surface area (Å²) in [6.07, 6.45) is 1.62. The average Bonchev–Trinajstić information content (AvgIpc) is 3.15. The fourth-order valence-corrected chi connectivity index (χ4v) is 2.61. The predicted molar refractivity (Wildman–Crippen MR) is 96.6 cm³/mol. The lowest BCUT2D eigenvalue weighted by Gasteiger charge is -2.07. The fourth-order valence-electron chi connectivity index (χ4n) is 2.03. The zero-order chi connectivity index (χ0) is 16.6. The Balaban J connectivity index is 1.52. The number of ether oxygens (including phenoxy) is 1. The molecule has 3 aromatic rings. The van der Waals surface area contributed by atoms with Crippen LogP contribution in [0.15, 0.2) is 77.2 Å². The van der Waals surface area contributed by atoms with Gasteiger partial charge in [0.05, 0.1) is 6.21 Å². The first-order valence-electron chi connectivity index (χ1n) is 7.45. The Bertz CT molecular complexity index is 797. The minimum atomic E-state index is -0.252. The second-order valence-electron chi connectivity index (χ2n) is 5.01. The Morgan fingerprint density at radius 3 is 2.54 bits per heavy atom. The van der Waals surface area contributed by atoms with E-state index in [-0.39, 0.29) is 5.91 Å². The number of benzene rings is 2. The highest BCUT2D eigenvalue weighted by Crippen LogP contribution is 2.14. The van der Waals surface area contributed by atoms with E-state index in [0.717, 1.165) is 16.2 Å². The number of carbonyl (C=O) groups is 1. The summed E-state index contributed by atoms with van der Waals surface area (Å²) in [6, 6.07) is 20.8. The van der Waals surface area contributed by atoms with Crippen LogP contribution in [0.1, 0.15) is 20.8 Å². The van der Waals surface area contributed by atoms with E-state index in [2.05, 4.69) is 10.5 Å². The lowest BCUT2D eigenvalue weighted by atomic mass is 10.2. The molecular weight excluding hydrogens is 320 g/mol. The topological polar surface area (TPSA) is 50.7 Å². The molecule has 0 spiro atoms. The number of hydrogen-bond donors (Lipinski definition) is 1. The first kappa shape index (κ1) is 16.0. The molecule has 0 aliphatic heterocycles. The van der Waals surface area contributed by atoms with Crippen LogP contribution in [0.4, 0.5) is 0 Å². The lowest BCUT2D eigenvalue weighted by molar-refractivity contribution is 0.0955. The van der Waals surface area contributed by atoms with Gasteiger partial charge in [0, 0.05) is 10.4 Å². The van der Waals surface area contributed by atoms with Gasteiger partial charge in [-0.15, -0.1) is 11.3 Å². The van der Waals surface area contributed by atoms with Gasteiger partial charge in [0.25, 0.3) is 5.91 Å². The summed E-state index contributed by atoms with van der Waals surface area (Å²) in [5.74, 6) is 0.468. The number of nitrogens with one attached hydrogen (secondary N) is 1. The molecular formula is C19H16N2O2S. The number of nitrogens with zero attached hydrogens (tertiary/aromatic N) is 1. The van der Waals surface area contributed by atoms with Crippen LogP contribution in [0.2, 0.25) is 0 Å². The van der Waals surface area contributed by atoms with Crippen molar-refractivity contribution in [1.29, 1.82) is 0 Å². The second-order valence-corrected chi connectivity index (χ2v) is 5.99. The van der Waals surface area contributed by atoms with Crippen LogP contribution in [0.3, 0.4) is 0 Å². The number of thiophene rings is 1. The average molecular weight is 336 g/mol. The summed E-state index contributed by atoms with van der Waals surface area (Å²) in [5, 5.41) is 5.90. The number of rotatable bonds is 6. The normalized spacial score (nSPS) is 10.7. The van der Waals surface area contributed by atoms with Gasteiger partial charge in [0.2, 0.25) is 0 Å². The van der Waals surface area contributed by atoms with Gasteiger partial charge in [-0.25, -0.2) is 5.43 Å². The molecule has 1 heterocycles. The molecule has 0 unspecified atom stereocenters. The van der Waals surface area contributed by atoms with Gasteiger partial charge < -0.3 is 4.74 Å². The van der Waals surface area contributed by atoms with Gasteiger partial charge in [0.1, 0.15) is 12.4 Å². The molecule has 0 aliphatic rings. The maximum Gasteiger partial charge on any atom is 0.271 e. The number of carbonyl (C=O) groups excluding carboxylic acids is 1. The van der Waals surface area contributed by atoms with Crippen molar-refractivity contribution in [1.82, 2.24) is 5.43 Å². The molecule has 0 saturated carbocycles. The van der Waals surface area contributed by atoms with Crippen molar-refractivity contribution in [3.63, 3.8) is 0 Å². The van der Waals surface area contributed by atoms with Crippen molar-refractivity contribution in [2.45, 2.75) is 6.61 Å².